The van der Waals surface area contributed by atoms with Crippen molar-refractivity contribution < 1.29 is 9.90 Å². The number of carboxylic acids is 1. The molecule has 1 atom stereocenters. The highest BCUT2D eigenvalue weighted by Gasteiger charge is 2.27. The number of benzene rings is 1. The molecule has 1 unspecified atom stereocenters. The van der Waals surface area contributed by atoms with Crippen molar-refractivity contribution in [3.05, 3.63) is 29.3 Å². The Balaban J connectivity index is 2.52. The van der Waals surface area contributed by atoms with Crippen LogP contribution >= 0.6 is 0 Å². The van der Waals surface area contributed by atoms with Crippen LogP contribution < -0.4 is 11.1 Å². The van der Waals surface area contributed by atoms with E-state index in [1.165, 1.54) is 0 Å². The van der Waals surface area contributed by atoms with Crippen LogP contribution in [-0.4, -0.2) is 17.6 Å². The molecule has 1 aromatic rings. The molecule has 1 aromatic carbocycles. The zero-order valence-corrected chi connectivity index (χ0v) is 7.66. The minimum atomic E-state index is -0.871. The van der Waals surface area contributed by atoms with Gasteiger partial charge in [0.15, 0.2) is 0 Å². The summed E-state index contributed by atoms with van der Waals surface area (Å²) >= 11 is 0. The number of hydrogen-bond acceptors (Lipinski definition) is 3. The minimum Gasteiger partial charge on any atom is -0.480 e. The van der Waals surface area contributed by atoms with Gasteiger partial charge in [-0.25, -0.2) is 0 Å². The average molecular weight is 192 g/mol. The molecular formula is C10H12N2O2. The van der Waals surface area contributed by atoms with Gasteiger partial charge in [-0.15, -0.1) is 0 Å². The van der Waals surface area contributed by atoms with Crippen LogP contribution in [0.15, 0.2) is 18.2 Å². The molecule has 74 valence electrons. The van der Waals surface area contributed by atoms with Crippen LogP contribution in [0, 0.1) is 0 Å². The normalized spacial score (nSPS) is 20.1. The number of fused-ring (bicyclic) bond motifs is 1. The Bertz CT molecular complexity index is 376. The van der Waals surface area contributed by atoms with E-state index in [4.69, 9.17) is 10.8 Å². The number of rotatable bonds is 1. The van der Waals surface area contributed by atoms with Crippen molar-refractivity contribution in [3.8, 4) is 0 Å². The molecule has 4 N–H and O–H groups in total. The number of anilines is 1. The standard InChI is InChI=1S/C10H12N2O2/c11-7-3-1-2-6-4-5-12-9(8(6)7)10(13)14/h1-3,9,12H,4-5,11H2,(H,13,14). The quantitative estimate of drug-likeness (QED) is 0.568. The van der Waals surface area contributed by atoms with Crippen molar-refractivity contribution in [1.82, 2.24) is 5.32 Å². The molecule has 0 radical (unpaired) electrons. The Morgan fingerprint density at radius 2 is 2.36 bits per heavy atom. The highest BCUT2D eigenvalue weighted by Crippen LogP contribution is 2.28. The number of nitrogen functional groups attached to an aromatic ring is 1. The number of carbonyl (C=O) groups is 1. The molecule has 14 heavy (non-hydrogen) atoms. The van der Waals surface area contributed by atoms with Gasteiger partial charge in [-0.2, -0.15) is 0 Å². The second-order valence-electron chi connectivity index (χ2n) is 3.40. The molecule has 0 aliphatic carbocycles. The minimum absolute atomic E-state index is 0.558. The number of aliphatic carboxylic acids is 1. The van der Waals surface area contributed by atoms with Gasteiger partial charge < -0.3 is 16.2 Å². The predicted octanol–water partition coefficient (Wildman–Crippen LogP) is 0.540. The van der Waals surface area contributed by atoms with E-state index in [9.17, 15) is 4.79 Å². The highest BCUT2D eigenvalue weighted by atomic mass is 16.4. The second-order valence-corrected chi connectivity index (χ2v) is 3.40. The van der Waals surface area contributed by atoms with Crippen LogP contribution in [-0.2, 0) is 11.2 Å². The van der Waals surface area contributed by atoms with Gasteiger partial charge in [-0.1, -0.05) is 12.1 Å². The van der Waals surface area contributed by atoms with Crippen molar-refractivity contribution in [3.63, 3.8) is 0 Å². The lowest BCUT2D eigenvalue weighted by Gasteiger charge is -2.25. The van der Waals surface area contributed by atoms with Crippen molar-refractivity contribution in [2.24, 2.45) is 0 Å². The fourth-order valence-electron chi connectivity index (χ4n) is 1.87. The molecule has 0 aromatic heterocycles. The molecule has 0 saturated heterocycles. The Morgan fingerprint density at radius 3 is 3.07 bits per heavy atom. The Labute approximate surface area is 81.7 Å². The van der Waals surface area contributed by atoms with Crippen LogP contribution in [0.1, 0.15) is 17.2 Å². The molecule has 2 rings (SSSR count). The van der Waals surface area contributed by atoms with Gasteiger partial charge in [-0.05, 0) is 18.1 Å². The maximum atomic E-state index is 11.0. The zero-order valence-electron chi connectivity index (χ0n) is 7.66. The Kier molecular flexibility index (Phi) is 2.13. The zero-order chi connectivity index (χ0) is 10.1. The third-order valence-electron chi connectivity index (χ3n) is 2.51. The number of nitrogens with one attached hydrogen (secondary N) is 1. The van der Waals surface area contributed by atoms with Gasteiger partial charge >= 0.3 is 5.97 Å². The van der Waals surface area contributed by atoms with Gasteiger partial charge in [-0.3, -0.25) is 4.79 Å². The molecule has 0 bridgehead atoms. The highest BCUT2D eigenvalue weighted by molar-refractivity contribution is 5.79. The Hall–Kier alpha value is -1.55. The van der Waals surface area contributed by atoms with Crippen LogP contribution in [0.3, 0.4) is 0 Å². The molecule has 4 heteroatoms. The summed E-state index contributed by atoms with van der Waals surface area (Å²) in [6.07, 6.45) is 0.837. The third kappa shape index (κ3) is 1.33. The number of hydrogen-bond donors (Lipinski definition) is 3. The lowest BCUT2D eigenvalue weighted by molar-refractivity contribution is -0.139. The summed E-state index contributed by atoms with van der Waals surface area (Å²) in [5.41, 5.74) is 8.09. The molecule has 1 aliphatic rings. The van der Waals surface area contributed by atoms with Crippen LogP contribution in [0.25, 0.3) is 0 Å². The van der Waals surface area contributed by atoms with Gasteiger partial charge in [0, 0.05) is 17.8 Å². The van der Waals surface area contributed by atoms with E-state index in [1.807, 2.05) is 12.1 Å². The third-order valence-corrected chi connectivity index (χ3v) is 2.51. The average Bonchev–Trinajstić information content (AvgIpc) is 2.17. The molecule has 4 nitrogen and oxygen atoms in total. The van der Waals surface area contributed by atoms with Crippen molar-refractivity contribution in [2.75, 3.05) is 12.3 Å². The van der Waals surface area contributed by atoms with Crippen molar-refractivity contribution in [2.45, 2.75) is 12.5 Å². The first-order valence-electron chi connectivity index (χ1n) is 4.53. The van der Waals surface area contributed by atoms with Crippen LogP contribution in [0.4, 0.5) is 5.69 Å². The Morgan fingerprint density at radius 1 is 1.57 bits per heavy atom. The van der Waals surface area contributed by atoms with E-state index in [1.54, 1.807) is 6.07 Å². The first kappa shape index (κ1) is 9.02. The fraction of sp³-hybridized carbons (Fsp3) is 0.300. The predicted molar refractivity (Wildman–Crippen MR) is 52.9 cm³/mol. The smallest absolute Gasteiger partial charge is 0.325 e. The summed E-state index contributed by atoms with van der Waals surface area (Å²) in [6.45, 7) is 0.688. The summed E-state index contributed by atoms with van der Waals surface area (Å²) in [6, 6.07) is 4.88. The molecular weight excluding hydrogens is 180 g/mol. The van der Waals surface area contributed by atoms with Gasteiger partial charge in [0.2, 0.25) is 0 Å². The summed E-state index contributed by atoms with van der Waals surface area (Å²) in [4.78, 5) is 11.0. The topological polar surface area (TPSA) is 75.4 Å². The van der Waals surface area contributed by atoms with E-state index >= 15 is 0 Å². The van der Waals surface area contributed by atoms with E-state index < -0.39 is 12.0 Å². The van der Waals surface area contributed by atoms with E-state index in [2.05, 4.69) is 5.32 Å². The summed E-state index contributed by atoms with van der Waals surface area (Å²) in [5.74, 6) is -0.871. The van der Waals surface area contributed by atoms with Crippen LogP contribution in [0.5, 0.6) is 0 Å². The molecule has 0 spiro atoms. The lowest BCUT2D eigenvalue weighted by atomic mass is 9.93. The molecule has 1 aliphatic heterocycles. The SMILES string of the molecule is Nc1cccc2c1C(C(=O)O)NCC2. The maximum Gasteiger partial charge on any atom is 0.325 e. The summed E-state index contributed by atoms with van der Waals surface area (Å²) in [7, 11) is 0. The molecule has 0 saturated carbocycles. The number of carboxylic acid groups (broad SMARTS) is 1. The first-order chi connectivity index (χ1) is 6.70. The molecule has 0 fully saturated rings. The van der Waals surface area contributed by atoms with E-state index in [-0.39, 0.29) is 0 Å². The maximum absolute atomic E-state index is 11.0. The summed E-state index contributed by atoms with van der Waals surface area (Å²) < 4.78 is 0. The lowest BCUT2D eigenvalue weighted by Crippen LogP contribution is -2.35. The summed E-state index contributed by atoms with van der Waals surface area (Å²) in [5, 5.41) is 11.9. The van der Waals surface area contributed by atoms with Gasteiger partial charge in [0.25, 0.3) is 0 Å². The van der Waals surface area contributed by atoms with Gasteiger partial charge in [0.05, 0.1) is 0 Å². The van der Waals surface area contributed by atoms with E-state index in [0.717, 1.165) is 17.5 Å². The van der Waals surface area contributed by atoms with Crippen molar-refractivity contribution >= 4 is 11.7 Å². The van der Waals surface area contributed by atoms with Crippen molar-refractivity contribution in [1.29, 1.82) is 0 Å². The molecule has 1 heterocycles. The number of nitrogens with two attached hydrogens (primary N) is 1. The monoisotopic (exact) mass is 192 g/mol. The van der Waals surface area contributed by atoms with Crippen LogP contribution in [0.2, 0.25) is 0 Å². The fourth-order valence-corrected chi connectivity index (χ4v) is 1.87. The largest absolute Gasteiger partial charge is 0.480 e. The van der Waals surface area contributed by atoms with E-state index in [0.29, 0.717) is 12.2 Å². The van der Waals surface area contributed by atoms with Gasteiger partial charge in [0.1, 0.15) is 6.04 Å². The second kappa shape index (κ2) is 3.31. The molecule has 0 amide bonds. The first-order valence-corrected chi connectivity index (χ1v) is 4.53.